The van der Waals surface area contributed by atoms with E-state index in [9.17, 15) is 9.59 Å². The fourth-order valence-corrected chi connectivity index (χ4v) is 4.25. The van der Waals surface area contributed by atoms with Gasteiger partial charge in [0.15, 0.2) is 0 Å². The number of ether oxygens (including phenoxy) is 1. The minimum Gasteiger partial charge on any atom is -0.377 e. The second-order valence-electron chi connectivity index (χ2n) is 10.2. The lowest BCUT2D eigenvalue weighted by Gasteiger charge is -2.36. The molecule has 0 radical (unpaired) electrons. The molecule has 1 amide bonds. The molecular formula is C22H41NO3. The molecule has 1 heterocycles. The minimum absolute atomic E-state index is 0.0744. The van der Waals surface area contributed by atoms with Crippen molar-refractivity contribution in [2.45, 2.75) is 99.6 Å². The molecule has 4 nitrogen and oxygen atoms in total. The highest BCUT2D eigenvalue weighted by molar-refractivity contribution is 5.81. The molecule has 0 N–H and O–H groups in total. The number of carbonyl (C=O) groups excluding carboxylic acids is 2. The fraction of sp³-hybridized carbons (Fsp3) is 0.909. The predicted molar refractivity (Wildman–Crippen MR) is 107 cm³/mol. The van der Waals surface area contributed by atoms with E-state index < -0.39 is 0 Å². The Kier molecular flexibility index (Phi) is 8.32. The minimum atomic E-state index is -0.121. The van der Waals surface area contributed by atoms with Gasteiger partial charge in [-0.15, -0.1) is 0 Å². The van der Waals surface area contributed by atoms with E-state index in [-0.39, 0.29) is 34.8 Å². The van der Waals surface area contributed by atoms with Crippen LogP contribution in [0.15, 0.2) is 0 Å². The van der Waals surface area contributed by atoms with Gasteiger partial charge in [0.25, 0.3) is 0 Å². The van der Waals surface area contributed by atoms with Crippen LogP contribution in [0.2, 0.25) is 0 Å². The maximum atomic E-state index is 12.9. The van der Waals surface area contributed by atoms with Crippen LogP contribution in [0.5, 0.6) is 0 Å². The molecule has 1 rings (SSSR count). The molecule has 0 bridgehead atoms. The molecule has 0 aliphatic carbocycles. The first-order valence-electron chi connectivity index (χ1n) is 10.3. The van der Waals surface area contributed by atoms with Gasteiger partial charge in [-0.2, -0.15) is 0 Å². The van der Waals surface area contributed by atoms with Gasteiger partial charge < -0.3 is 9.64 Å². The highest BCUT2D eigenvalue weighted by Gasteiger charge is 2.36. The summed E-state index contributed by atoms with van der Waals surface area (Å²) in [6.45, 7) is 18.1. The van der Waals surface area contributed by atoms with Gasteiger partial charge in [0, 0.05) is 25.3 Å². The summed E-state index contributed by atoms with van der Waals surface area (Å²) >= 11 is 0. The van der Waals surface area contributed by atoms with Gasteiger partial charge in [-0.3, -0.25) is 9.59 Å². The normalized spacial score (nSPS) is 18.8. The number of carbonyl (C=O) groups is 2. The molecule has 0 aromatic heterocycles. The molecule has 0 saturated carbocycles. The third kappa shape index (κ3) is 7.77. The van der Waals surface area contributed by atoms with E-state index >= 15 is 0 Å². The molecule has 0 aromatic rings. The van der Waals surface area contributed by atoms with Crippen LogP contribution < -0.4 is 0 Å². The molecule has 152 valence electrons. The van der Waals surface area contributed by atoms with Gasteiger partial charge in [0.05, 0.1) is 18.8 Å². The summed E-state index contributed by atoms with van der Waals surface area (Å²) in [5, 5.41) is 0. The summed E-state index contributed by atoms with van der Waals surface area (Å²) in [6, 6.07) is 0.219. The van der Waals surface area contributed by atoms with E-state index in [2.05, 4.69) is 27.7 Å². The number of hydrogen-bond acceptors (Lipinski definition) is 3. The maximum absolute atomic E-state index is 12.9. The Morgan fingerprint density at radius 3 is 2.15 bits per heavy atom. The lowest BCUT2D eigenvalue weighted by Crippen LogP contribution is -2.41. The third-order valence-corrected chi connectivity index (χ3v) is 5.20. The second-order valence-corrected chi connectivity index (χ2v) is 10.2. The largest absolute Gasteiger partial charge is 0.377 e. The summed E-state index contributed by atoms with van der Waals surface area (Å²) in [7, 11) is 0. The van der Waals surface area contributed by atoms with Crippen LogP contribution in [0.1, 0.15) is 87.5 Å². The van der Waals surface area contributed by atoms with Crippen LogP contribution >= 0.6 is 0 Å². The van der Waals surface area contributed by atoms with Crippen molar-refractivity contribution in [3.05, 3.63) is 0 Å². The van der Waals surface area contributed by atoms with Crippen LogP contribution in [0.4, 0.5) is 0 Å². The van der Waals surface area contributed by atoms with E-state index in [0.29, 0.717) is 25.2 Å². The van der Waals surface area contributed by atoms with E-state index in [0.717, 1.165) is 25.8 Å². The van der Waals surface area contributed by atoms with Crippen molar-refractivity contribution in [1.82, 2.24) is 4.90 Å². The summed E-state index contributed by atoms with van der Waals surface area (Å²) in [6.07, 6.45) is 4.27. The van der Waals surface area contributed by atoms with Crippen molar-refractivity contribution >= 4 is 11.7 Å². The van der Waals surface area contributed by atoms with Crippen molar-refractivity contribution in [1.29, 1.82) is 0 Å². The molecule has 0 aromatic carbocycles. The zero-order valence-electron chi connectivity index (χ0n) is 18.4. The topological polar surface area (TPSA) is 46.6 Å². The smallest absolute Gasteiger partial charge is 0.223 e. The number of rotatable bonds is 10. The Morgan fingerprint density at radius 2 is 1.62 bits per heavy atom. The monoisotopic (exact) mass is 367 g/mol. The van der Waals surface area contributed by atoms with E-state index in [1.807, 2.05) is 32.6 Å². The Bertz CT molecular complexity index is 480. The Labute approximate surface area is 161 Å². The van der Waals surface area contributed by atoms with Crippen molar-refractivity contribution in [2.75, 3.05) is 13.2 Å². The SMILES string of the molecule is CC(C)OCC1CCCN1C(=O)CC(C)(C)CC(C)(C)CC(=O)C(C)C. The summed E-state index contributed by atoms with van der Waals surface area (Å²) in [4.78, 5) is 27.1. The molecule has 1 aliphatic rings. The first-order valence-corrected chi connectivity index (χ1v) is 10.3. The Morgan fingerprint density at radius 1 is 1.04 bits per heavy atom. The molecular weight excluding hydrogens is 326 g/mol. The summed E-state index contributed by atoms with van der Waals surface area (Å²) in [5.74, 6) is 0.615. The van der Waals surface area contributed by atoms with Gasteiger partial charge in [-0.1, -0.05) is 41.5 Å². The van der Waals surface area contributed by atoms with Gasteiger partial charge >= 0.3 is 0 Å². The average molecular weight is 368 g/mol. The van der Waals surface area contributed by atoms with Crippen LogP contribution in [0, 0.1) is 16.7 Å². The number of nitrogens with zero attached hydrogens (tertiary/aromatic N) is 1. The molecule has 4 heteroatoms. The number of likely N-dealkylation sites (tertiary alicyclic amines) is 1. The number of ketones is 1. The Balaban J connectivity index is 2.64. The van der Waals surface area contributed by atoms with Crippen molar-refractivity contribution in [3.63, 3.8) is 0 Å². The highest BCUT2D eigenvalue weighted by Crippen LogP contribution is 2.39. The molecule has 26 heavy (non-hydrogen) atoms. The molecule has 1 fully saturated rings. The zero-order valence-corrected chi connectivity index (χ0v) is 18.4. The third-order valence-electron chi connectivity index (χ3n) is 5.20. The number of hydrogen-bond donors (Lipinski definition) is 0. The lowest BCUT2D eigenvalue weighted by molar-refractivity contribution is -0.136. The summed E-state index contributed by atoms with van der Waals surface area (Å²) in [5.41, 5.74) is -0.208. The number of amides is 1. The predicted octanol–water partition coefficient (Wildman–Crippen LogP) is 4.85. The van der Waals surface area contributed by atoms with Crippen LogP contribution in [0.25, 0.3) is 0 Å². The Hall–Kier alpha value is -0.900. The fourth-order valence-electron chi connectivity index (χ4n) is 4.25. The van der Waals surface area contributed by atoms with Crippen molar-refractivity contribution in [3.8, 4) is 0 Å². The van der Waals surface area contributed by atoms with Gasteiger partial charge in [-0.25, -0.2) is 0 Å². The quantitative estimate of drug-likeness (QED) is 0.554. The zero-order chi connectivity index (χ0) is 20.1. The molecule has 1 unspecified atom stereocenters. The highest BCUT2D eigenvalue weighted by atomic mass is 16.5. The first kappa shape index (κ1) is 23.1. The van der Waals surface area contributed by atoms with Gasteiger partial charge in [-0.05, 0) is 43.9 Å². The molecule has 1 saturated heterocycles. The average Bonchev–Trinajstić information content (AvgIpc) is 2.90. The first-order chi connectivity index (χ1) is 11.8. The van der Waals surface area contributed by atoms with E-state index in [1.165, 1.54) is 0 Å². The van der Waals surface area contributed by atoms with Gasteiger partial charge in [0.1, 0.15) is 5.78 Å². The molecule has 0 spiro atoms. The van der Waals surface area contributed by atoms with Gasteiger partial charge in [0.2, 0.25) is 5.91 Å². The standard InChI is InChI=1S/C22H41NO3/c1-16(2)19(24)12-21(5,6)15-22(7,8)13-20(25)23-11-9-10-18(23)14-26-17(3)4/h16-18H,9-15H2,1-8H3. The molecule has 1 aliphatic heterocycles. The van der Waals surface area contributed by atoms with Crippen molar-refractivity contribution in [2.24, 2.45) is 16.7 Å². The second kappa shape index (κ2) is 9.34. The summed E-state index contributed by atoms with van der Waals surface area (Å²) < 4.78 is 5.75. The number of Topliss-reactive ketones (excluding diaryl/α,β-unsaturated/α-hetero) is 1. The van der Waals surface area contributed by atoms with E-state index in [1.54, 1.807) is 0 Å². The van der Waals surface area contributed by atoms with E-state index in [4.69, 9.17) is 4.74 Å². The maximum Gasteiger partial charge on any atom is 0.223 e. The molecule has 1 atom stereocenters. The van der Waals surface area contributed by atoms with Crippen LogP contribution in [-0.2, 0) is 14.3 Å². The van der Waals surface area contributed by atoms with Crippen LogP contribution in [-0.4, -0.2) is 41.9 Å². The van der Waals surface area contributed by atoms with Crippen molar-refractivity contribution < 1.29 is 14.3 Å². The lowest BCUT2D eigenvalue weighted by atomic mass is 9.70. The van der Waals surface area contributed by atoms with Crippen LogP contribution in [0.3, 0.4) is 0 Å².